The first-order chi connectivity index (χ1) is 19.8. The van der Waals surface area contributed by atoms with Crippen LogP contribution in [0.3, 0.4) is 0 Å². The van der Waals surface area contributed by atoms with Crippen molar-refractivity contribution in [2.24, 2.45) is 0 Å². The Morgan fingerprint density at radius 1 is 0.721 bits per heavy atom. The number of carbonyl (C=O) groups excluding carboxylic acids is 1. The lowest BCUT2D eigenvalue weighted by atomic mass is 9.94. The molecule has 11 N–H and O–H groups in total. The average Bonchev–Trinajstić information content (AvgIpc) is 2.90. The van der Waals surface area contributed by atoms with Crippen molar-refractivity contribution in [1.29, 1.82) is 0 Å². The minimum absolute atomic E-state index is 0.892. The standard InChI is InChI=1S/C20H31NO21S/c1-3(22)21-5-6(23)12(40-20-11(28)7(24)8(25)14(42-20)16(29)30)4(2-37-43(34,35)36)38-19(5)41-13-9(26)10(27)18(33)39-15(13)17(31)32/h4-15,18-20,23-28,33H,2H2,1H3,(H,21,22)(H,29,30)(H,31,32)(H,34,35,36)/t4-,5-,6-,7+,8+,9-,10-,11-,12-,13+,14-,15+,18?,19-,20-/m1/s1. The molecule has 3 aliphatic heterocycles. The molecule has 0 spiro atoms. The fourth-order valence-electron chi connectivity index (χ4n) is 4.55. The zero-order valence-electron chi connectivity index (χ0n) is 21.7. The monoisotopic (exact) mass is 653 g/mol. The maximum Gasteiger partial charge on any atom is 0.397 e. The van der Waals surface area contributed by atoms with E-state index >= 15 is 0 Å². The van der Waals surface area contributed by atoms with Gasteiger partial charge in [-0.1, -0.05) is 0 Å². The van der Waals surface area contributed by atoms with Gasteiger partial charge < -0.3 is 75.0 Å². The molecule has 22 nitrogen and oxygen atoms in total. The fourth-order valence-corrected chi connectivity index (χ4v) is 4.86. The summed E-state index contributed by atoms with van der Waals surface area (Å²) in [6.45, 7) is -0.300. The van der Waals surface area contributed by atoms with E-state index in [9.17, 15) is 68.8 Å². The van der Waals surface area contributed by atoms with E-state index in [4.69, 9.17) is 28.2 Å². The lowest BCUT2D eigenvalue weighted by Gasteiger charge is -2.48. The fraction of sp³-hybridized carbons (Fsp3) is 0.850. The summed E-state index contributed by atoms with van der Waals surface area (Å²) in [6.07, 6.45) is -29.8. The van der Waals surface area contributed by atoms with E-state index in [-0.39, 0.29) is 0 Å². The summed E-state index contributed by atoms with van der Waals surface area (Å²) < 4.78 is 62.0. The molecule has 0 aromatic carbocycles. The second-order valence-corrected chi connectivity index (χ2v) is 10.8. The Hall–Kier alpha value is -2.20. The lowest BCUT2D eigenvalue weighted by molar-refractivity contribution is -0.359. The SMILES string of the molecule is CC(=O)N[C@H]1[C@@H](O[C@H]2[C@H](O)[C@@H](O)C(O)O[C@@H]2C(=O)O)O[C@H](COS(=O)(=O)O)[C@@H](O[C@@H]2O[C@@H](C(=O)O)[C@@H](O)[C@H](O)[C@H]2O)[C@@H]1O. The van der Waals surface area contributed by atoms with Crippen molar-refractivity contribution in [2.45, 2.75) is 99.0 Å². The number of aliphatic carboxylic acids is 2. The number of carbonyl (C=O) groups is 3. The normalized spacial score (nSPS) is 44.0. The average molecular weight is 654 g/mol. The Kier molecular flexibility index (Phi) is 11.4. The van der Waals surface area contributed by atoms with Gasteiger partial charge in [0.15, 0.2) is 31.1 Å². The van der Waals surface area contributed by atoms with Crippen molar-refractivity contribution in [3.05, 3.63) is 0 Å². The molecule has 15 atom stereocenters. The van der Waals surface area contributed by atoms with Crippen molar-refractivity contribution in [3.8, 4) is 0 Å². The topological polar surface area (TPSA) is 355 Å². The summed E-state index contributed by atoms with van der Waals surface area (Å²) in [5.41, 5.74) is 0. The maximum absolute atomic E-state index is 12.0. The molecule has 3 aliphatic rings. The van der Waals surface area contributed by atoms with Crippen LogP contribution in [0.1, 0.15) is 6.92 Å². The number of aliphatic hydroxyl groups is 7. The van der Waals surface area contributed by atoms with Crippen LogP contribution in [-0.4, -0.2) is 175 Å². The summed E-state index contributed by atoms with van der Waals surface area (Å²) in [5.74, 6) is -4.51. The Balaban J connectivity index is 1.97. The zero-order chi connectivity index (χ0) is 32.5. The molecule has 3 fully saturated rings. The van der Waals surface area contributed by atoms with Gasteiger partial charge in [0.2, 0.25) is 5.91 Å². The third kappa shape index (κ3) is 8.10. The quantitative estimate of drug-likeness (QED) is 0.0975. The molecule has 3 rings (SSSR count). The molecule has 1 unspecified atom stereocenters. The highest BCUT2D eigenvalue weighted by Crippen LogP contribution is 2.33. The number of ether oxygens (including phenoxy) is 5. The highest BCUT2D eigenvalue weighted by molar-refractivity contribution is 7.80. The summed E-state index contributed by atoms with van der Waals surface area (Å²) >= 11 is 0. The second kappa shape index (κ2) is 13.8. The molecule has 43 heavy (non-hydrogen) atoms. The first kappa shape index (κ1) is 35.3. The Morgan fingerprint density at radius 2 is 1.30 bits per heavy atom. The number of nitrogens with one attached hydrogen (secondary N) is 1. The third-order valence-corrected chi connectivity index (χ3v) is 7.06. The molecule has 23 heteroatoms. The van der Waals surface area contributed by atoms with Gasteiger partial charge in [-0.25, -0.2) is 13.8 Å². The van der Waals surface area contributed by atoms with Crippen molar-refractivity contribution in [1.82, 2.24) is 5.32 Å². The van der Waals surface area contributed by atoms with Crippen molar-refractivity contribution < 1.29 is 101 Å². The molecule has 0 aliphatic carbocycles. The molecule has 0 radical (unpaired) electrons. The van der Waals surface area contributed by atoms with E-state index in [2.05, 4.69) is 9.50 Å². The first-order valence-corrected chi connectivity index (χ1v) is 13.6. The number of carboxylic acid groups (broad SMARTS) is 2. The predicted molar refractivity (Wildman–Crippen MR) is 124 cm³/mol. The number of hydrogen-bond acceptors (Lipinski definition) is 18. The van der Waals surface area contributed by atoms with Crippen molar-refractivity contribution in [3.63, 3.8) is 0 Å². The number of hydrogen-bond donors (Lipinski definition) is 11. The predicted octanol–water partition coefficient (Wildman–Crippen LogP) is -7.42. The van der Waals surface area contributed by atoms with Crippen LogP contribution >= 0.6 is 0 Å². The maximum atomic E-state index is 12.0. The smallest absolute Gasteiger partial charge is 0.397 e. The Bertz CT molecular complexity index is 1120. The van der Waals surface area contributed by atoms with Gasteiger partial charge in [-0.15, -0.1) is 0 Å². The number of aliphatic hydroxyl groups excluding tert-OH is 7. The van der Waals surface area contributed by atoms with E-state index in [0.717, 1.165) is 6.92 Å². The molecule has 0 aromatic rings. The lowest BCUT2D eigenvalue weighted by Crippen LogP contribution is -2.69. The van der Waals surface area contributed by atoms with Gasteiger partial charge in [0.25, 0.3) is 0 Å². The van der Waals surface area contributed by atoms with Crippen LogP contribution < -0.4 is 5.32 Å². The first-order valence-electron chi connectivity index (χ1n) is 12.2. The van der Waals surface area contributed by atoms with Gasteiger partial charge in [-0.05, 0) is 0 Å². The van der Waals surface area contributed by atoms with E-state index in [1.54, 1.807) is 0 Å². The van der Waals surface area contributed by atoms with Crippen LogP contribution in [0.2, 0.25) is 0 Å². The van der Waals surface area contributed by atoms with E-state index in [1.165, 1.54) is 0 Å². The van der Waals surface area contributed by atoms with Crippen LogP contribution in [0.25, 0.3) is 0 Å². The highest BCUT2D eigenvalue weighted by atomic mass is 32.3. The van der Waals surface area contributed by atoms with Crippen LogP contribution in [0.4, 0.5) is 0 Å². The summed E-state index contributed by atoms with van der Waals surface area (Å²) in [4.78, 5) is 35.1. The molecular formula is C20H31NO21S. The highest BCUT2D eigenvalue weighted by Gasteiger charge is 2.55. The van der Waals surface area contributed by atoms with Gasteiger partial charge in [-0.3, -0.25) is 9.35 Å². The molecule has 3 saturated heterocycles. The second-order valence-electron chi connectivity index (χ2n) is 9.68. The molecule has 0 aromatic heterocycles. The number of amides is 1. The van der Waals surface area contributed by atoms with Gasteiger partial charge in [0, 0.05) is 6.92 Å². The van der Waals surface area contributed by atoms with E-state index in [1.807, 2.05) is 0 Å². The van der Waals surface area contributed by atoms with Crippen LogP contribution in [0, 0.1) is 0 Å². The third-order valence-electron chi connectivity index (χ3n) is 6.63. The number of carboxylic acids is 2. The Morgan fingerprint density at radius 3 is 1.84 bits per heavy atom. The van der Waals surface area contributed by atoms with Gasteiger partial charge >= 0.3 is 22.3 Å². The largest absolute Gasteiger partial charge is 0.479 e. The molecular weight excluding hydrogens is 622 g/mol. The molecule has 0 saturated carbocycles. The van der Waals surface area contributed by atoms with Crippen molar-refractivity contribution >= 4 is 28.2 Å². The zero-order valence-corrected chi connectivity index (χ0v) is 22.6. The van der Waals surface area contributed by atoms with Crippen LogP contribution in [0.5, 0.6) is 0 Å². The summed E-state index contributed by atoms with van der Waals surface area (Å²) in [5, 5.41) is 92.5. The van der Waals surface area contributed by atoms with Gasteiger partial charge in [0.05, 0.1) is 6.61 Å². The van der Waals surface area contributed by atoms with E-state index in [0.29, 0.717) is 0 Å². The Labute approximate surface area is 240 Å². The molecule has 1 amide bonds. The summed E-state index contributed by atoms with van der Waals surface area (Å²) in [7, 11) is -5.22. The molecule has 3 heterocycles. The van der Waals surface area contributed by atoms with Gasteiger partial charge in [0.1, 0.15) is 61.0 Å². The van der Waals surface area contributed by atoms with Crippen LogP contribution in [0.15, 0.2) is 0 Å². The van der Waals surface area contributed by atoms with Gasteiger partial charge in [-0.2, -0.15) is 8.42 Å². The molecule has 0 bridgehead atoms. The van der Waals surface area contributed by atoms with E-state index < -0.39 is 127 Å². The van der Waals surface area contributed by atoms with Crippen LogP contribution in [-0.2, 0) is 52.7 Å². The minimum Gasteiger partial charge on any atom is -0.479 e. The number of rotatable bonds is 10. The van der Waals surface area contributed by atoms with Crippen molar-refractivity contribution in [2.75, 3.05) is 6.61 Å². The minimum atomic E-state index is -5.22. The molecule has 248 valence electrons. The summed E-state index contributed by atoms with van der Waals surface area (Å²) in [6, 6.07) is -1.83.